The lowest BCUT2D eigenvalue weighted by Crippen LogP contribution is -2.41. The van der Waals surface area contributed by atoms with Gasteiger partial charge in [0.2, 0.25) is 0 Å². The highest BCUT2D eigenvalue weighted by molar-refractivity contribution is 7.89. The van der Waals surface area contributed by atoms with Crippen molar-refractivity contribution in [1.82, 2.24) is 10.3 Å². The van der Waals surface area contributed by atoms with Crippen molar-refractivity contribution in [3.05, 3.63) is 76.4 Å². The molecule has 0 fully saturated rings. The molecule has 0 spiro atoms. The summed E-state index contributed by atoms with van der Waals surface area (Å²) in [7, 11) is -4.10. The number of amides is 1. The van der Waals surface area contributed by atoms with Crippen LogP contribution in [-0.4, -0.2) is 14.3 Å². The third-order valence-corrected chi connectivity index (χ3v) is 4.56. The summed E-state index contributed by atoms with van der Waals surface area (Å²) in [5.41, 5.74) is 1.31. The second-order valence-electron chi connectivity index (χ2n) is 4.99. The Morgan fingerprint density at radius 2 is 1.80 bits per heavy atom. The molecule has 1 amide bonds. The van der Waals surface area contributed by atoms with Gasteiger partial charge in [-0.1, -0.05) is 12.1 Å². The quantitative estimate of drug-likeness (QED) is 0.541. The fraction of sp³-hybridized carbons (Fsp3) is 0. The van der Waals surface area contributed by atoms with Crippen molar-refractivity contribution in [2.24, 2.45) is 0 Å². The first-order valence-electron chi connectivity index (χ1n) is 6.97. The number of halogens is 1. The standard InChI is InChI=1S/C16H11FN2O5S/c17-13-4-2-1-3-12(13)16(21)18-19-25(22,23)11-6-7-14-10(9-11)5-8-15(20)24-14/h1-9,19H,(H,18,21). The normalized spacial score (nSPS) is 11.4. The number of carbonyl (C=O) groups is 1. The lowest BCUT2D eigenvalue weighted by molar-refractivity contribution is 0.0941. The van der Waals surface area contributed by atoms with Crippen molar-refractivity contribution in [2.45, 2.75) is 4.90 Å². The van der Waals surface area contributed by atoms with Gasteiger partial charge in [-0.3, -0.25) is 10.2 Å². The predicted octanol–water partition coefficient (Wildman–Crippen LogP) is 1.56. The van der Waals surface area contributed by atoms with Gasteiger partial charge in [-0.2, -0.15) is 0 Å². The Bertz CT molecular complexity index is 1120. The fourth-order valence-electron chi connectivity index (χ4n) is 2.10. The molecule has 0 aliphatic heterocycles. The van der Waals surface area contributed by atoms with Crippen LogP contribution in [0.1, 0.15) is 10.4 Å². The lowest BCUT2D eigenvalue weighted by Gasteiger charge is -2.09. The van der Waals surface area contributed by atoms with Crippen molar-refractivity contribution >= 4 is 26.9 Å². The molecule has 25 heavy (non-hydrogen) atoms. The molecule has 2 N–H and O–H groups in total. The lowest BCUT2D eigenvalue weighted by atomic mass is 10.2. The van der Waals surface area contributed by atoms with Gasteiger partial charge in [0.15, 0.2) is 0 Å². The number of hydrazine groups is 1. The van der Waals surface area contributed by atoms with Gasteiger partial charge < -0.3 is 4.42 Å². The number of hydrogen-bond donors (Lipinski definition) is 2. The van der Waals surface area contributed by atoms with E-state index in [1.54, 1.807) is 0 Å². The van der Waals surface area contributed by atoms with Crippen LogP contribution in [0.25, 0.3) is 11.0 Å². The third kappa shape index (κ3) is 3.57. The van der Waals surface area contributed by atoms with Gasteiger partial charge in [0, 0.05) is 11.5 Å². The Morgan fingerprint density at radius 1 is 1.04 bits per heavy atom. The van der Waals surface area contributed by atoms with Crippen LogP contribution in [0.15, 0.2) is 68.7 Å². The second-order valence-corrected chi connectivity index (χ2v) is 6.68. The SMILES string of the molecule is O=C(NNS(=O)(=O)c1ccc2oc(=O)ccc2c1)c1ccccc1F. The van der Waals surface area contributed by atoms with Gasteiger partial charge in [0.25, 0.3) is 15.9 Å². The number of hydrogen-bond acceptors (Lipinski definition) is 5. The highest BCUT2D eigenvalue weighted by Gasteiger charge is 2.18. The highest BCUT2D eigenvalue weighted by Crippen LogP contribution is 2.17. The first-order chi connectivity index (χ1) is 11.9. The van der Waals surface area contributed by atoms with E-state index in [1.165, 1.54) is 42.5 Å². The van der Waals surface area contributed by atoms with E-state index in [1.807, 2.05) is 10.3 Å². The number of rotatable bonds is 4. The third-order valence-electron chi connectivity index (χ3n) is 3.32. The summed E-state index contributed by atoms with van der Waals surface area (Å²) in [6.45, 7) is 0. The van der Waals surface area contributed by atoms with Crippen molar-refractivity contribution in [3.63, 3.8) is 0 Å². The average Bonchev–Trinajstić information content (AvgIpc) is 2.59. The molecule has 0 aliphatic rings. The molecular formula is C16H11FN2O5S. The van der Waals surface area contributed by atoms with Crippen molar-refractivity contribution < 1.29 is 22.0 Å². The molecule has 0 atom stereocenters. The Morgan fingerprint density at radius 3 is 2.56 bits per heavy atom. The Kier molecular flexibility index (Phi) is 4.34. The van der Waals surface area contributed by atoms with Gasteiger partial charge in [-0.05, 0) is 36.4 Å². The smallest absolute Gasteiger partial charge is 0.336 e. The van der Waals surface area contributed by atoms with E-state index in [0.29, 0.717) is 5.39 Å². The van der Waals surface area contributed by atoms with Crippen LogP contribution in [0.5, 0.6) is 0 Å². The number of carbonyl (C=O) groups excluding carboxylic acids is 1. The minimum absolute atomic E-state index is 0.164. The maximum atomic E-state index is 13.5. The van der Waals surface area contributed by atoms with Gasteiger partial charge >= 0.3 is 5.63 Å². The molecule has 9 heteroatoms. The molecule has 0 radical (unpaired) electrons. The van der Waals surface area contributed by atoms with Gasteiger partial charge in [0.1, 0.15) is 11.4 Å². The predicted molar refractivity (Wildman–Crippen MR) is 86.7 cm³/mol. The first-order valence-corrected chi connectivity index (χ1v) is 8.46. The van der Waals surface area contributed by atoms with Crippen molar-refractivity contribution in [3.8, 4) is 0 Å². The van der Waals surface area contributed by atoms with E-state index < -0.39 is 27.4 Å². The van der Waals surface area contributed by atoms with E-state index in [2.05, 4.69) is 0 Å². The number of sulfonamides is 1. The zero-order valence-corrected chi connectivity index (χ0v) is 13.3. The maximum Gasteiger partial charge on any atom is 0.336 e. The summed E-state index contributed by atoms with van der Waals surface area (Å²) in [6, 6.07) is 11.5. The topological polar surface area (TPSA) is 105 Å². The molecule has 0 bridgehead atoms. The summed E-state index contributed by atoms with van der Waals surface area (Å²) in [5, 5.41) is 0.392. The summed E-state index contributed by atoms with van der Waals surface area (Å²) in [6.07, 6.45) is 0. The molecule has 3 aromatic rings. The monoisotopic (exact) mass is 362 g/mol. The molecule has 0 saturated carbocycles. The summed E-state index contributed by atoms with van der Waals surface area (Å²) in [4.78, 5) is 24.7. The summed E-state index contributed by atoms with van der Waals surface area (Å²) < 4.78 is 42.9. The van der Waals surface area contributed by atoms with Crippen molar-refractivity contribution in [1.29, 1.82) is 0 Å². The largest absolute Gasteiger partial charge is 0.423 e. The van der Waals surface area contributed by atoms with E-state index in [4.69, 9.17) is 4.42 Å². The second kappa shape index (κ2) is 6.46. The van der Waals surface area contributed by atoms with Crippen LogP contribution in [0.4, 0.5) is 4.39 Å². The number of nitrogens with one attached hydrogen (secondary N) is 2. The molecule has 1 aromatic heterocycles. The Labute approximate surface area is 141 Å². The fourth-order valence-corrected chi connectivity index (χ4v) is 2.98. The molecule has 0 saturated heterocycles. The van der Waals surface area contributed by atoms with E-state index >= 15 is 0 Å². The van der Waals surface area contributed by atoms with Crippen LogP contribution in [0.3, 0.4) is 0 Å². The minimum atomic E-state index is -4.10. The highest BCUT2D eigenvalue weighted by atomic mass is 32.2. The van der Waals surface area contributed by atoms with E-state index in [0.717, 1.165) is 12.1 Å². The average molecular weight is 362 g/mol. The summed E-state index contributed by atoms with van der Waals surface area (Å²) in [5.74, 6) is -1.71. The van der Waals surface area contributed by atoms with Gasteiger partial charge in [0.05, 0.1) is 10.5 Å². The van der Waals surface area contributed by atoms with E-state index in [9.17, 15) is 22.4 Å². The van der Waals surface area contributed by atoms with E-state index in [-0.39, 0.29) is 16.0 Å². The zero-order valence-electron chi connectivity index (χ0n) is 12.5. The molecular weight excluding hydrogens is 351 g/mol. The minimum Gasteiger partial charge on any atom is -0.423 e. The maximum absolute atomic E-state index is 13.5. The van der Waals surface area contributed by atoms with Crippen LogP contribution in [-0.2, 0) is 10.0 Å². The molecule has 2 aromatic carbocycles. The molecule has 0 aliphatic carbocycles. The Hall–Kier alpha value is -3.04. The van der Waals surface area contributed by atoms with Gasteiger partial charge in [-0.15, -0.1) is 4.83 Å². The summed E-state index contributed by atoms with van der Waals surface area (Å²) >= 11 is 0. The zero-order chi connectivity index (χ0) is 18.0. The molecule has 128 valence electrons. The molecule has 1 heterocycles. The molecule has 0 unspecified atom stereocenters. The van der Waals surface area contributed by atoms with Crippen LogP contribution in [0, 0.1) is 5.82 Å². The molecule has 7 nitrogen and oxygen atoms in total. The first kappa shape index (κ1) is 16.8. The number of benzene rings is 2. The van der Waals surface area contributed by atoms with Gasteiger partial charge in [-0.25, -0.2) is 17.6 Å². The molecule has 3 rings (SSSR count). The van der Waals surface area contributed by atoms with Crippen molar-refractivity contribution in [2.75, 3.05) is 0 Å². The van der Waals surface area contributed by atoms with Crippen LogP contribution >= 0.6 is 0 Å². The van der Waals surface area contributed by atoms with Crippen LogP contribution < -0.4 is 15.9 Å². The number of fused-ring (bicyclic) bond motifs is 1. The Balaban J connectivity index is 1.82. The van der Waals surface area contributed by atoms with Crippen LogP contribution in [0.2, 0.25) is 0 Å².